The van der Waals surface area contributed by atoms with Gasteiger partial charge in [-0.2, -0.15) is 0 Å². The van der Waals surface area contributed by atoms with Gasteiger partial charge >= 0.3 is 5.63 Å². The van der Waals surface area contributed by atoms with Gasteiger partial charge in [0.05, 0.1) is 24.9 Å². The molecule has 0 saturated carbocycles. The standard InChI is InChI=1S/C24H27NO4/c1-17(14-19-6-4-3-5-7-19)28-20-8-9-21-18(2)22(24(26)29-23(21)15-20)16-25-10-12-27-13-11-25/h3-9,15,17H,10-14,16H2,1-2H3. The van der Waals surface area contributed by atoms with E-state index < -0.39 is 0 Å². The van der Waals surface area contributed by atoms with Crippen molar-refractivity contribution in [1.29, 1.82) is 0 Å². The molecule has 152 valence electrons. The van der Waals surface area contributed by atoms with E-state index in [9.17, 15) is 4.79 Å². The first-order valence-corrected chi connectivity index (χ1v) is 10.2. The number of hydrogen-bond donors (Lipinski definition) is 0. The summed E-state index contributed by atoms with van der Waals surface area (Å²) in [6.07, 6.45) is 0.837. The van der Waals surface area contributed by atoms with Crippen LogP contribution < -0.4 is 10.4 Å². The minimum absolute atomic E-state index is 0.0169. The predicted octanol–water partition coefficient (Wildman–Crippen LogP) is 3.94. The van der Waals surface area contributed by atoms with E-state index in [1.54, 1.807) is 0 Å². The average molecular weight is 393 g/mol. The van der Waals surface area contributed by atoms with E-state index in [0.717, 1.165) is 36.0 Å². The average Bonchev–Trinajstić information content (AvgIpc) is 2.72. The van der Waals surface area contributed by atoms with Gasteiger partial charge in [0.15, 0.2) is 0 Å². The van der Waals surface area contributed by atoms with Gasteiger partial charge < -0.3 is 13.9 Å². The van der Waals surface area contributed by atoms with Crippen LogP contribution in [-0.2, 0) is 17.7 Å². The SMILES string of the molecule is Cc1c(CN2CCOCC2)c(=O)oc2cc(OC(C)Cc3ccccc3)ccc12. The second kappa shape index (κ2) is 8.80. The van der Waals surface area contributed by atoms with Gasteiger partial charge in [-0.15, -0.1) is 0 Å². The highest BCUT2D eigenvalue weighted by atomic mass is 16.5. The first kappa shape index (κ1) is 19.7. The number of benzene rings is 2. The smallest absolute Gasteiger partial charge is 0.341 e. The van der Waals surface area contributed by atoms with Crippen LogP contribution in [0.15, 0.2) is 57.7 Å². The zero-order chi connectivity index (χ0) is 20.2. The molecule has 1 atom stereocenters. The van der Waals surface area contributed by atoms with Crippen LogP contribution in [-0.4, -0.2) is 37.3 Å². The van der Waals surface area contributed by atoms with E-state index >= 15 is 0 Å². The minimum Gasteiger partial charge on any atom is -0.490 e. The van der Waals surface area contributed by atoms with Gasteiger partial charge in [-0.3, -0.25) is 4.90 Å². The maximum absolute atomic E-state index is 12.6. The van der Waals surface area contributed by atoms with Crippen molar-refractivity contribution < 1.29 is 13.9 Å². The van der Waals surface area contributed by atoms with Crippen LogP contribution in [0.3, 0.4) is 0 Å². The van der Waals surface area contributed by atoms with Crippen LogP contribution in [0.5, 0.6) is 5.75 Å². The quantitative estimate of drug-likeness (QED) is 0.594. The Bertz CT molecular complexity index is 1020. The Labute approximate surface area is 170 Å². The summed E-state index contributed by atoms with van der Waals surface area (Å²) in [7, 11) is 0. The number of hydrogen-bond acceptors (Lipinski definition) is 5. The molecule has 29 heavy (non-hydrogen) atoms. The topological polar surface area (TPSA) is 51.9 Å². The lowest BCUT2D eigenvalue weighted by Crippen LogP contribution is -2.37. The Kier molecular flexibility index (Phi) is 5.97. The van der Waals surface area contributed by atoms with Crippen molar-refractivity contribution in [2.75, 3.05) is 26.3 Å². The molecule has 5 nitrogen and oxygen atoms in total. The highest BCUT2D eigenvalue weighted by Crippen LogP contribution is 2.26. The summed E-state index contributed by atoms with van der Waals surface area (Å²) in [5.74, 6) is 0.712. The number of ether oxygens (including phenoxy) is 2. The summed E-state index contributed by atoms with van der Waals surface area (Å²) >= 11 is 0. The molecule has 0 spiro atoms. The fraction of sp³-hybridized carbons (Fsp3) is 0.375. The van der Waals surface area contributed by atoms with E-state index in [1.165, 1.54) is 5.56 Å². The fourth-order valence-electron chi connectivity index (χ4n) is 3.83. The van der Waals surface area contributed by atoms with Crippen LogP contribution in [0.2, 0.25) is 0 Å². The molecule has 0 amide bonds. The molecule has 4 rings (SSSR count). The Hall–Kier alpha value is -2.63. The molecule has 0 radical (unpaired) electrons. The lowest BCUT2D eigenvalue weighted by atomic mass is 10.1. The third-order valence-electron chi connectivity index (χ3n) is 5.45. The Morgan fingerprint density at radius 1 is 1.10 bits per heavy atom. The zero-order valence-corrected chi connectivity index (χ0v) is 17.0. The first-order valence-electron chi connectivity index (χ1n) is 10.2. The van der Waals surface area contributed by atoms with Crippen LogP contribution in [0.1, 0.15) is 23.6 Å². The predicted molar refractivity (Wildman–Crippen MR) is 114 cm³/mol. The largest absolute Gasteiger partial charge is 0.490 e. The number of nitrogens with zero attached hydrogens (tertiary/aromatic N) is 1. The van der Waals surface area contributed by atoms with Crippen molar-refractivity contribution in [1.82, 2.24) is 4.90 Å². The molecule has 1 unspecified atom stereocenters. The molecule has 0 aliphatic carbocycles. The summed E-state index contributed by atoms with van der Waals surface area (Å²) in [5.41, 5.74) is 3.24. The highest BCUT2D eigenvalue weighted by molar-refractivity contribution is 5.82. The monoisotopic (exact) mass is 393 g/mol. The molecule has 3 aromatic rings. The second-order valence-electron chi connectivity index (χ2n) is 7.66. The molecule has 1 aliphatic heterocycles. The molecule has 1 saturated heterocycles. The molecular weight excluding hydrogens is 366 g/mol. The molecule has 5 heteroatoms. The molecule has 1 aromatic heterocycles. The summed E-state index contributed by atoms with van der Waals surface area (Å²) in [5, 5.41) is 0.955. The zero-order valence-electron chi connectivity index (χ0n) is 17.0. The van der Waals surface area contributed by atoms with E-state index in [2.05, 4.69) is 17.0 Å². The number of fused-ring (bicyclic) bond motifs is 1. The van der Waals surface area contributed by atoms with Crippen LogP contribution >= 0.6 is 0 Å². The number of rotatable bonds is 6. The van der Waals surface area contributed by atoms with E-state index in [-0.39, 0.29) is 11.7 Å². The third kappa shape index (κ3) is 4.69. The van der Waals surface area contributed by atoms with Crippen molar-refractivity contribution in [3.63, 3.8) is 0 Å². The van der Waals surface area contributed by atoms with Gasteiger partial charge in [-0.1, -0.05) is 30.3 Å². The molecular formula is C24H27NO4. The van der Waals surface area contributed by atoms with Gasteiger partial charge in [0.25, 0.3) is 0 Å². The Balaban J connectivity index is 1.53. The van der Waals surface area contributed by atoms with Gasteiger partial charge in [0.1, 0.15) is 11.3 Å². The van der Waals surface area contributed by atoms with Gasteiger partial charge in [0.2, 0.25) is 0 Å². The highest BCUT2D eigenvalue weighted by Gasteiger charge is 2.17. The Morgan fingerprint density at radius 2 is 1.86 bits per heavy atom. The summed E-state index contributed by atoms with van der Waals surface area (Å²) in [6.45, 7) is 7.73. The Morgan fingerprint density at radius 3 is 2.62 bits per heavy atom. The van der Waals surface area contributed by atoms with Crippen molar-refractivity contribution in [2.24, 2.45) is 0 Å². The van der Waals surface area contributed by atoms with Gasteiger partial charge in [-0.05, 0) is 37.1 Å². The lowest BCUT2D eigenvalue weighted by Gasteiger charge is -2.26. The molecule has 2 heterocycles. The summed E-state index contributed by atoms with van der Waals surface area (Å²) in [6, 6.07) is 16.0. The van der Waals surface area contributed by atoms with Crippen molar-refractivity contribution >= 4 is 11.0 Å². The summed E-state index contributed by atoms with van der Waals surface area (Å²) in [4.78, 5) is 14.9. The number of morpholine rings is 1. The van der Waals surface area contributed by atoms with Gasteiger partial charge in [-0.25, -0.2) is 4.79 Å². The minimum atomic E-state index is -0.268. The van der Waals surface area contributed by atoms with E-state index in [1.807, 2.05) is 50.2 Å². The lowest BCUT2D eigenvalue weighted by molar-refractivity contribution is 0.0337. The van der Waals surface area contributed by atoms with Gasteiger partial charge in [0, 0.05) is 37.5 Å². The first-order chi connectivity index (χ1) is 14.1. The van der Waals surface area contributed by atoms with Crippen LogP contribution in [0.25, 0.3) is 11.0 Å². The van der Waals surface area contributed by atoms with Crippen molar-refractivity contribution in [3.05, 3.63) is 75.6 Å². The molecule has 0 bridgehead atoms. The maximum Gasteiger partial charge on any atom is 0.341 e. The molecule has 1 fully saturated rings. The maximum atomic E-state index is 12.6. The number of aryl methyl sites for hydroxylation is 1. The van der Waals surface area contributed by atoms with Crippen molar-refractivity contribution in [2.45, 2.75) is 32.9 Å². The molecule has 1 aliphatic rings. The molecule has 0 N–H and O–H groups in total. The fourth-order valence-corrected chi connectivity index (χ4v) is 3.83. The molecule has 2 aromatic carbocycles. The third-order valence-corrected chi connectivity index (χ3v) is 5.45. The van der Waals surface area contributed by atoms with E-state index in [4.69, 9.17) is 13.9 Å². The second-order valence-corrected chi connectivity index (χ2v) is 7.66. The normalized spacial score (nSPS) is 16.1. The van der Waals surface area contributed by atoms with Crippen LogP contribution in [0, 0.1) is 6.92 Å². The van der Waals surface area contributed by atoms with E-state index in [0.29, 0.717) is 31.1 Å². The van der Waals surface area contributed by atoms with Crippen LogP contribution in [0.4, 0.5) is 0 Å². The summed E-state index contributed by atoms with van der Waals surface area (Å²) < 4.78 is 17.1. The van der Waals surface area contributed by atoms with Crippen molar-refractivity contribution in [3.8, 4) is 5.75 Å².